The molecule has 0 N–H and O–H groups in total. The van der Waals surface area contributed by atoms with Gasteiger partial charge in [0.2, 0.25) is 5.28 Å². The quantitative estimate of drug-likeness (QED) is 0.309. The standard InChI is InChI=1S/C14H4BrCl3N4/c15-7-3-1-6(2-4-7)9-8(5-19)11(16)20-13-10(9)12(17)21-14(18)22-13/h1-4H. The highest BCUT2D eigenvalue weighted by atomic mass is 79.9. The van der Waals surface area contributed by atoms with E-state index in [1.54, 1.807) is 0 Å². The fourth-order valence-corrected chi connectivity index (χ4v) is 3.03. The molecule has 3 aromatic rings. The van der Waals surface area contributed by atoms with E-state index in [2.05, 4.69) is 37.0 Å². The van der Waals surface area contributed by atoms with Gasteiger partial charge in [0.25, 0.3) is 0 Å². The van der Waals surface area contributed by atoms with Crippen molar-refractivity contribution in [3.63, 3.8) is 0 Å². The van der Waals surface area contributed by atoms with E-state index < -0.39 is 0 Å². The van der Waals surface area contributed by atoms with E-state index in [1.165, 1.54) is 0 Å². The Hall–Kier alpha value is -1.45. The first-order valence-corrected chi connectivity index (χ1v) is 7.82. The van der Waals surface area contributed by atoms with Crippen LogP contribution in [-0.4, -0.2) is 15.0 Å². The predicted molar refractivity (Wildman–Crippen MR) is 90.2 cm³/mol. The summed E-state index contributed by atoms with van der Waals surface area (Å²) in [4.78, 5) is 12.0. The van der Waals surface area contributed by atoms with E-state index in [1.807, 2.05) is 24.3 Å². The first kappa shape index (κ1) is 15.4. The van der Waals surface area contributed by atoms with Crippen molar-refractivity contribution in [2.24, 2.45) is 0 Å². The zero-order chi connectivity index (χ0) is 15.9. The molecule has 3 rings (SSSR count). The monoisotopic (exact) mass is 412 g/mol. The Bertz CT molecular complexity index is 936. The summed E-state index contributed by atoms with van der Waals surface area (Å²) in [6, 6.07) is 9.42. The van der Waals surface area contributed by atoms with Crippen LogP contribution in [0.5, 0.6) is 0 Å². The number of hydrogen-bond acceptors (Lipinski definition) is 4. The van der Waals surface area contributed by atoms with Crippen molar-refractivity contribution in [2.45, 2.75) is 0 Å². The minimum Gasteiger partial charge on any atom is -0.215 e. The van der Waals surface area contributed by atoms with E-state index in [9.17, 15) is 5.26 Å². The van der Waals surface area contributed by atoms with Crippen molar-refractivity contribution in [1.82, 2.24) is 15.0 Å². The minimum atomic E-state index is -0.0347. The van der Waals surface area contributed by atoms with Crippen LogP contribution in [0.25, 0.3) is 22.2 Å². The third-order valence-corrected chi connectivity index (χ3v) is 4.22. The topological polar surface area (TPSA) is 62.5 Å². The van der Waals surface area contributed by atoms with Gasteiger partial charge in [-0.25, -0.2) is 9.97 Å². The molecule has 0 amide bonds. The van der Waals surface area contributed by atoms with Crippen LogP contribution in [0.4, 0.5) is 0 Å². The van der Waals surface area contributed by atoms with Crippen LogP contribution < -0.4 is 0 Å². The van der Waals surface area contributed by atoms with Crippen molar-refractivity contribution in [1.29, 1.82) is 5.26 Å². The van der Waals surface area contributed by atoms with Crippen molar-refractivity contribution in [3.05, 3.63) is 49.9 Å². The third-order valence-electron chi connectivity index (χ3n) is 2.97. The third kappa shape index (κ3) is 2.64. The maximum atomic E-state index is 9.43. The Balaban J connectivity index is 2.50. The van der Waals surface area contributed by atoms with Crippen LogP contribution in [0.1, 0.15) is 5.56 Å². The van der Waals surface area contributed by atoms with E-state index in [-0.39, 0.29) is 26.8 Å². The lowest BCUT2D eigenvalue weighted by molar-refractivity contribution is 1.18. The maximum absolute atomic E-state index is 9.43. The molecule has 8 heteroatoms. The molecule has 0 aliphatic heterocycles. The molecule has 22 heavy (non-hydrogen) atoms. The van der Waals surface area contributed by atoms with Gasteiger partial charge in [0.1, 0.15) is 16.4 Å². The summed E-state index contributed by atoms with van der Waals surface area (Å²) >= 11 is 21.5. The van der Waals surface area contributed by atoms with Gasteiger partial charge in [-0.3, -0.25) is 0 Å². The number of benzene rings is 1. The van der Waals surface area contributed by atoms with Gasteiger partial charge in [-0.1, -0.05) is 51.3 Å². The molecule has 0 saturated heterocycles. The van der Waals surface area contributed by atoms with E-state index in [4.69, 9.17) is 34.8 Å². The molecule has 0 saturated carbocycles. The van der Waals surface area contributed by atoms with Crippen LogP contribution in [0.3, 0.4) is 0 Å². The van der Waals surface area contributed by atoms with E-state index in [0.717, 1.165) is 10.0 Å². The molecule has 2 aromatic heterocycles. The molecule has 4 nitrogen and oxygen atoms in total. The number of fused-ring (bicyclic) bond motifs is 1. The second-order valence-corrected chi connectivity index (χ2v) is 6.22. The van der Waals surface area contributed by atoms with Gasteiger partial charge in [0, 0.05) is 10.0 Å². The van der Waals surface area contributed by atoms with Crippen molar-refractivity contribution in [2.75, 3.05) is 0 Å². The van der Waals surface area contributed by atoms with Crippen LogP contribution in [0, 0.1) is 11.3 Å². The van der Waals surface area contributed by atoms with Crippen LogP contribution >= 0.6 is 50.7 Å². The second-order valence-electron chi connectivity index (χ2n) is 4.25. The Labute approximate surface area is 148 Å². The molecule has 0 unspecified atom stereocenters. The highest BCUT2D eigenvalue weighted by Crippen LogP contribution is 2.37. The number of rotatable bonds is 1. The molecular weight excluding hydrogens is 410 g/mol. The lowest BCUT2D eigenvalue weighted by Crippen LogP contribution is -1.97. The highest BCUT2D eigenvalue weighted by Gasteiger charge is 2.20. The van der Waals surface area contributed by atoms with Gasteiger partial charge < -0.3 is 0 Å². The molecular formula is C14H4BrCl3N4. The first-order valence-electron chi connectivity index (χ1n) is 5.89. The van der Waals surface area contributed by atoms with E-state index in [0.29, 0.717) is 10.9 Å². The molecule has 2 heterocycles. The second kappa shape index (κ2) is 5.98. The Morgan fingerprint density at radius 3 is 2.27 bits per heavy atom. The van der Waals surface area contributed by atoms with Crippen LogP contribution in [-0.2, 0) is 0 Å². The molecule has 1 aromatic carbocycles. The lowest BCUT2D eigenvalue weighted by Gasteiger charge is -2.11. The van der Waals surface area contributed by atoms with Gasteiger partial charge in [-0.15, -0.1) is 0 Å². The summed E-state index contributed by atoms with van der Waals surface area (Å²) in [6.45, 7) is 0. The first-order chi connectivity index (χ1) is 10.5. The van der Waals surface area contributed by atoms with Crippen LogP contribution in [0.2, 0.25) is 15.6 Å². The molecule has 0 bridgehead atoms. The molecule has 0 radical (unpaired) electrons. The molecule has 108 valence electrons. The molecule has 0 aliphatic carbocycles. The number of hydrogen-bond donors (Lipinski definition) is 0. The number of pyridine rings is 1. The van der Waals surface area contributed by atoms with Gasteiger partial charge in [0.05, 0.1) is 10.9 Å². The average Bonchev–Trinajstić information content (AvgIpc) is 2.46. The summed E-state index contributed by atoms with van der Waals surface area (Å²) < 4.78 is 0.907. The Kier molecular flexibility index (Phi) is 4.20. The van der Waals surface area contributed by atoms with E-state index >= 15 is 0 Å². The van der Waals surface area contributed by atoms with Crippen molar-refractivity contribution >= 4 is 61.8 Å². The molecule has 0 fully saturated rings. The molecule has 0 aliphatic rings. The predicted octanol–water partition coefficient (Wildman–Crippen LogP) is 5.29. The number of aromatic nitrogens is 3. The molecule has 0 atom stereocenters. The summed E-state index contributed by atoms with van der Waals surface area (Å²) in [7, 11) is 0. The summed E-state index contributed by atoms with van der Waals surface area (Å²) in [5.41, 5.74) is 1.74. The maximum Gasteiger partial charge on any atom is 0.225 e. The Morgan fingerprint density at radius 1 is 0.955 bits per heavy atom. The number of nitriles is 1. The van der Waals surface area contributed by atoms with Gasteiger partial charge >= 0.3 is 0 Å². The Morgan fingerprint density at radius 2 is 1.64 bits per heavy atom. The lowest BCUT2D eigenvalue weighted by atomic mass is 9.99. The fraction of sp³-hybridized carbons (Fsp3) is 0. The summed E-state index contributed by atoms with van der Waals surface area (Å²) in [6.07, 6.45) is 0. The van der Waals surface area contributed by atoms with Crippen molar-refractivity contribution < 1.29 is 0 Å². The van der Waals surface area contributed by atoms with Gasteiger partial charge in [-0.05, 0) is 29.3 Å². The van der Waals surface area contributed by atoms with Gasteiger partial charge in [-0.2, -0.15) is 10.2 Å². The largest absolute Gasteiger partial charge is 0.225 e. The smallest absolute Gasteiger partial charge is 0.215 e. The van der Waals surface area contributed by atoms with Crippen molar-refractivity contribution in [3.8, 4) is 17.2 Å². The van der Waals surface area contributed by atoms with Gasteiger partial charge in [0.15, 0.2) is 5.65 Å². The average molecular weight is 414 g/mol. The minimum absolute atomic E-state index is 0.0347. The SMILES string of the molecule is N#Cc1c(Cl)nc2nc(Cl)nc(Cl)c2c1-c1ccc(Br)cc1. The zero-order valence-corrected chi connectivity index (χ0v) is 14.5. The highest BCUT2D eigenvalue weighted by molar-refractivity contribution is 9.10. The van der Waals surface area contributed by atoms with Crippen LogP contribution in [0.15, 0.2) is 28.7 Å². The zero-order valence-electron chi connectivity index (χ0n) is 10.6. The summed E-state index contributed by atoms with van der Waals surface area (Å²) in [5, 5.41) is 9.99. The summed E-state index contributed by atoms with van der Waals surface area (Å²) in [5.74, 6) is 0. The normalized spacial score (nSPS) is 10.7. The molecule has 0 spiro atoms. The fourth-order valence-electron chi connectivity index (χ4n) is 2.08. The number of nitrogens with zero attached hydrogens (tertiary/aromatic N) is 4. The number of halogens is 4.